The van der Waals surface area contributed by atoms with Crippen molar-refractivity contribution in [3.8, 4) is 5.75 Å². The van der Waals surface area contributed by atoms with Crippen molar-refractivity contribution in [2.75, 3.05) is 17.6 Å². The van der Waals surface area contributed by atoms with Crippen LogP contribution in [0.1, 0.15) is 31.4 Å². The monoisotopic (exact) mass is 404 g/mol. The molecule has 0 aliphatic carbocycles. The van der Waals surface area contributed by atoms with Gasteiger partial charge in [0.05, 0.1) is 25.0 Å². The maximum Gasteiger partial charge on any atom is 0.229 e. The van der Waals surface area contributed by atoms with Gasteiger partial charge in [-0.3, -0.25) is 9.52 Å². The van der Waals surface area contributed by atoms with Crippen LogP contribution in [0.3, 0.4) is 0 Å². The SMILES string of the molecule is CC(C)CCOc1ccccc1CNC(=O)Cc1ccccc1NS(C)(=O)=O. The minimum Gasteiger partial charge on any atom is -0.493 e. The molecule has 0 saturated carbocycles. The molecule has 0 bridgehead atoms. The largest absolute Gasteiger partial charge is 0.493 e. The fraction of sp³-hybridized carbons (Fsp3) is 0.381. The Labute approximate surface area is 167 Å². The van der Waals surface area contributed by atoms with Crippen LogP contribution in [-0.4, -0.2) is 27.2 Å². The average Bonchev–Trinajstić information content (AvgIpc) is 2.61. The van der Waals surface area contributed by atoms with E-state index in [9.17, 15) is 13.2 Å². The zero-order valence-corrected chi connectivity index (χ0v) is 17.4. The van der Waals surface area contributed by atoms with Crippen LogP contribution in [0, 0.1) is 5.92 Å². The van der Waals surface area contributed by atoms with Crippen molar-refractivity contribution >= 4 is 21.6 Å². The van der Waals surface area contributed by atoms with Crippen LogP contribution in [0.5, 0.6) is 5.75 Å². The number of hydrogen-bond acceptors (Lipinski definition) is 4. The van der Waals surface area contributed by atoms with Crippen LogP contribution in [-0.2, 0) is 27.8 Å². The summed E-state index contributed by atoms with van der Waals surface area (Å²) in [5.74, 6) is 1.13. The molecular weight excluding hydrogens is 376 g/mol. The Morgan fingerprint density at radius 1 is 1.04 bits per heavy atom. The van der Waals surface area contributed by atoms with Gasteiger partial charge < -0.3 is 10.1 Å². The van der Waals surface area contributed by atoms with E-state index in [0.29, 0.717) is 30.3 Å². The highest BCUT2D eigenvalue weighted by atomic mass is 32.2. The Morgan fingerprint density at radius 3 is 2.36 bits per heavy atom. The molecule has 2 N–H and O–H groups in total. The molecule has 2 rings (SSSR count). The molecule has 152 valence electrons. The van der Waals surface area contributed by atoms with Crippen LogP contribution in [0.15, 0.2) is 48.5 Å². The van der Waals surface area contributed by atoms with Crippen LogP contribution < -0.4 is 14.8 Å². The first kappa shape index (κ1) is 21.8. The Morgan fingerprint density at radius 2 is 1.68 bits per heavy atom. The van der Waals surface area contributed by atoms with Crippen LogP contribution in [0.4, 0.5) is 5.69 Å². The van der Waals surface area contributed by atoms with Crippen molar-refractivity contribution in [3.63, 3.8) is 0 Å². The Hall–Kier alpha value is -2.54. The Bertz CT molecular complexity index is 895. The van der Waals surface area contributed by atoms with Gasteiger partial charge >= 0.3 is 0 Å². The van der Waals surface area contributed by atoms with E-state index in [0.717, 1.165) is 24.0 Å². The van der Waals surface area contributed by atoms with Crippen LogP contribution >= 0.6 is 0 Å². The van der Waals surface area contributed by atoms with Gasteiger partial charge in [-0.15, -0.1) is 0 Å². The summed E-state index contributed by atoms with van der Waals surface area (Å²) in [5, 5.41) is 2.88. The first-order valence-corrected chi connectivity index (χ1v) is 11.2. The number of sulfonamides is 1. The molecular formula is C21H28N2O4S. The molecule has 1 amide bonds. The molecule has 0 aliphatic heterocycles. The van der Waals surface area contributed by atoms with E-state index in [1.165, 1.54) is 0 Å². The van der Waals surface area contributed by atoms with Gasteiger partial charge in [-0.05, 0) is 30.0 Å². The summed E-state index contributed by atoms with van der Waals surface area (Å²) in [6.07, 6.45) is 2.12. The standard InChI is InChI=1S/C21H28N2O4S/c1-16(2)12-13-27-20-11-7-5-9-18(20)15-22-21(24)14-17-8-4-6-10-19(17)23-28(3,25)26/h4-11,16,23H,12-15H2,1-3H3,(H,22,24). The molecule has 7 heteroatoms. The average molecular weight is 405 g/mol. The van der Waals surface area contributed by atoms with Gasteiger partial charge in [0.25, 0.3) is 0 Å². The number of hydrogen-bond donors (Lipinski definition) is 2. The highest BCUT2D eigenvalue weighted by Crippen LogP contribution is 2.19. The Kier molecular flexibility index (Phi) is 7.87. The molecule has 0 radical (unpaired) electrons. The summed E-state index contributed by atoms with van der Waals surface area (Å²) in [5.41, 5.74) is 1.94. The zero-order chi connectivity index (χ0) is 20.6. The number of anilines is 1. The quantitative estimate of drug-likeness (QED) is 0.636. The van der Waals surface area contributed by atoms with Crippen molar-refractivity contribution < 1.29 is 17.9 Å². The molecule has 0 saturated heterocycles. The second kappa shape index (κ2) is 10.1. The summed E-state index contributed by atoms with van der Waals surface area (Å²) < 4.78 is 31.3. The number of carbonyl (C=O) groups excluding carboxylic acids is 1. The number of benzene rings is 2. The van der Waals surface area contributed by atoms with Crippen LogP contribution in [0.2, 0.25) is 0 Å². The number of rotatable bonds is 10. The van der Waals surface area contributed by atoms with E-state index < -0.39 is 10.0 Å². The lowest BCUT2D eigenvalue weighted by Crippen LogP contribution is -2.25. The maximum absolute atomic E-state index is 12.4. The molecule has 0 heterocycles. The van der Waals surface area contributed by atoms with Gasteiger partial charge in [0.2, 0.25) is 15.9 Å². The van der Waals surface area contributed by atoms with E-state index in [4.69, 9.17) is 4.74 Å². The van der Waals surface area contributed by atoms with E-state index in [1.54, 1.807) is 24.3 Å². The molecule has 28 heavy (non-hydrogen) atoms. The third-order valence-corrected chi connectivity index (χ3v) is 4.66. The van der Waals surface area contributed by atoms with E-state index in [-0.39, 0.29) is 12.3 Å². The fourth-order valence-corrected chi connectivity index (χ4v) is 3.20. The van der Waals surface area contributed by atoms with Gasteiger partial charge in [0.15, 0.2) is 0 Å². The van der Waals surface area contributed by atoms with Gasteiger partial charge in [-0.2, -0.15) is 0 Å². The lowest BCUT2D eigenvalue weighted by Gasteiger charge is -2.14. The first-order valence-electron chi connectivity index (χ1n) is 9.27. The molecule has 0 aromatic heterocycles. The maximum atomic E-state index is 12.4. The number of ether oxygens (including phenoxy) is 1. The van der Waals surface area contributed by atoms with Crippen molar-refractivity contribution in [3.05, 3.63) is 59.7 Å². The molecule has 6 nitrogen and oxygen atoms in total. The third kappa shape index (κ3) is 7.60. The molecule has 0 fully saturated rings. The minimum absolute atomic E-state index is 0.0784. The van der Waals surface area contributed by atoms with E-state index in [1.807, 2.05) is 24.3 Å². The molecule has 2 aromatic rings. The number of amides is 1. The lowest BCUT2D eigenvalue weighted by molar-refractivity contribution is -0.120. The summed E-state index contributed by atoms with van der Waals surface area (Å²) in [7, 11) is -3.41. The summed E-state index contributed by atoms with van der Waals surface area (Å²) >= 11 is 0. The molecule has 0 spiro atoms. The summed E-state index contributed by atoms with van der Waals surface area (Å²) in [4.78, 5) is 12.4. The van der Waals surface area contributed by atoms with Gasteiger partial charge in [0, 0.05) is 12.1 Å². The van der Waals surface area contributed by atoms with E-state index >= 15 is 0 Å². The second-order valence-electron chi connectivity index (χ2n) is 7.12. The summed E-state index contributed by atoms with van der Waals surface area (Å²) in [6.45, 7) is 5.27. The van der Waals surface area contributed by atoms with Gasteiger partial charge in [-0.25, -0.2) is 8.42 Å². The predicted molar refractivity (Wildman–Crippen MR) is 112 cm³/mol. The predicted octanol–water partition coefficient (Wildman–Crippen LogP) is 3.34. The molecule has 0 unspecified atom stereocenters. The third-order valence-electron chi connectivity index (χ3n) is 4.07. The molecule has 0 atom stereocenters. The summed E-state index contributed by atoms with van der Waals surface area (Å²) in [6, 6.07) is 14.5. The number of para-hydroxylation sites is 2. The first-order chi connectivity index (χ1) is 13.2. The van der Waals surface area contributed by atoms with Crippen molar-refractivity contribution in [2.24, 2.45) is 5.92 Å². The van der Waals surface area contributed by atoms with Crippen LogP contribution in [0.25, 0.3) is 0 Å². The lowest BCUT2D eigenvalue weighted by atomic mass is 10.1. The smallest absolute Gasteiger partial charge is 0.229 e. The highest BCUT2D eigenvalue weighted by molar-refractivity contribution is 7.92. The van der Waals surface area contributed by atoms with Gasteiger partial charge in [-0.1, -0.05) is 50.2 Å². The zero-order valence-electron chi connectivity index (χ0n) is 16.6. The van der Waals surface area contributed by atoms with Crippen molar-refractivity contribution in [2.45, 2.75) is 33.2 Å². The Balaban J connectivity index is 1.97. The fourth-order valence-electron chi connectivity index (χ4n) is 2.60. The molecule has 2 aromatic carbocycles. The second-order valence-corrected chi connectivity index (χ2v) is 8.87. The van der Waals surface area contributed by atoms with E-state index in [2.05, 4.69) is 23.9 Å². The highest BCUT2D eigenvalue weighted by Gasteiger charge is 2.11. The van der Waals surface area contributed by atoms with Crippen molar-refractivity contribution in [1.82, 2.24) is 5.32 Å². The molecule has 0 aliphatic rings. The number of nitrogens with one attached hydrogen (secondary N) is 2. The topological polar surface area (TPSA) is 84.5 Å². The number of carbonyl (C=O) groups is 1. The van der Waals surface area contributed by atoms with Gasteiger partial charge in [0.1, 0.15) is 5.75 Å². The minimum atomic E-state index is -3.41. The normalized spacial score (nSPS) is 11.3. The van der Waals surface area contributed by atoms with Crippen molar-refractivity contribution in [1.29, 1.82) is 0 Å².